The van der Waals surface area contributed by atoms with Gasteiger partial charge in [0.1, 0.15) is 5.82 Å². The molecule has 0 aliphatic carbocycles. The van der Waals surface area contributed by atoms with E-state index in [9.17, 15) is 14.3 Å². The maximum atomic E-state index is 13.8. The van der Waals surface area contributed by atoms with Crippen molar-refractivity contribution in [1.29, 1.82) is 0 Å². The average molecular weight is 347 g/mol. The highest BCUT2D eigenvalue weighted by atomic mass is 19.1. The molecule has 134 valence electrons. The average Bonchev–Trinajstić information content (AvgIpc) is 3.08. The first-order valence-electron chi connectivity index (χ1n) is 8.31. The molecule has 1 unspecified atom stereocenters. The minimum atomic E-state index is -0.391. The number of halogens is 1. The fourth-order valence-electron chi connectivity index (χ4n) is 3.03. The number of anilines is 2. The molecule has 0 radical (unpaired) electrons. The maximum Gasteiger partial charge on any atom is 0.319 e. The van der Waals surface area contributed by atoms with Crippen LogP contribution in [-0.2, 0) is 0 Å². The highest BCUT2D eigenvalue weighted by molar-refractivity contribution is 5.89. The molecule has 7 nitrogen and oxygen atoms in total. The van der Waals surface area contributed by atoms with Gasteiger partial charge in [0, 0.05) is 30.5 Å². The molecule has 0 spiro atoms. The number of hydrogen-bond acceptors (Lipinski definition) is 4. The zero-order valence-corrected chi connectivity index (χ0v) is 14.0. The number of rotatable bonds is 4. The lowest BCUT2D eigenvalue weighted by atomic mass is 10.0. The predicted octanol–water partition coefficient (Wildman–Crippen LogP) is 2.39. The minimum absolute atomic E-state index is 0.281. The van der Waals surface area contributed by atoms with Gasteiger partial charge in [0.25, 0.3) is 0 Å². The highest BCUT2D eigenvalue weighted by Crippen LogP contribution is 2.29. The van der Waals surface area contributed by atoms with E-state index in [1.54, 1.807) is 12.3 Å². The van der Waals surface area contributed by atoms with Gasteiger partial charge in [-0.25, -0.2) is 9.18 Å². The summed E-state index contributed by atoms with van der Waals surface area (Å²) in [4.78, 5) is 14.2. The SMILES string of the molecule is CC(NC(=O)Nc1cn[nH]c1)c1cc(F)ccc1N1CCC(O)CC1. The van der Waals surface area contributed by atoms with E-state index >= 15 is 0 Å². The number of carbonyl (C=O) groups is 1. The number of aromatic amines is 1. The highest BCUT2D eigenvalue weighted by Gasteiger charge is 2.22. The largest absolute Gasteiger partial charge is 0.393 e. The molecule has 2 aromatic rings. The Morgan fingerprint density at radius 2 is 2.20 bits per heavy atom. The van der Waals surface area contributed by atoms with Crippen LogP contribution in [0.15, 0.2) is 30.6 Å². The van der Waals surface area contributed by atoms with Crippen molar-refractivity contribution in [2.45, 2.75) is 31.9 Å². The number of urea groups is 1. The number of amides is 2. The fraction of sp³-hybridized carbons (Fsp3) is 0.412. The summed E-state index contributed by atoms with van der Waals surface area (Å²) in [6, 6.07) is 3.82. The first kappa shape index (κ1) is 17.2. The number of nitrogens with zero attached hydrogens (tertiary/aromatic N) is 2. The molecular weight excluding hydrogens is 325 g/mol. The third kappa shape index (κ3) is 4.27. The lowest BCUT2D eigenvalue weighted by molar-refractivity contribution is 0.145. The maximum absolute atomic E-state index is 13.8. The fourth-order valence-corrected chi connectivity index (χ4v) is 3.03. The van der Waals surface area contributed by atoms with Crippen molar-refractivity contribution in [2.24, 2.45) is 0 Å². The van der Waals surface area contributed by atoms with E-state index in [-0.39, 0.29) is 18.0 Å². The van der Waals surface area contributed by atoms with E-state index in [1.165, 1.54) is 18.3 Å². The minimum Gasteiger partial charge on any atom is -0.393 e. The third-order valence-corrected chi connectivity index (χ3v) is 4.36. The van der Waals surface area contributed by atoms with Gasteiger partial charge in [-0.05, 0) is 38.0 Å². The van der Waals surface area contributed by atoms with Crippen LogP contribution < -0.4 is 15.5 Å². The van der Waals surface area contributed by atoms with Gasteiger partial charge in [0.05, 0.1) is 24.0 Å². The summed E-state index contributed by atoms with van der Waals surface area (Å²) in [7, 11) is 0. The molecule has 1 fully saturated rings. The van der Waals surface area contributed by atoms with Crippen LogP contribution in [0.5, 0.6) is 0 Å². The second-order valence-electron chi connectivity index (χ2n) is 6.23. The van der Waals surface area contributed by atoms with E-state index in [0.717, 1.165) is 5.69 Å². The molecule has 1 aromatic carbocycles. The molecule has 1 saturated heterocycles. The summed E-state index contributed by atoms with van der Waals surface area (Å²) in [5.74, 6) is -0.348. The van der Waals surface area contributed by atoms with Gasteiger partial charge in [0.2, 0.25) is 0 Å². The lowest BCUT2D eigenvalue weighted by Gasteiger charge is -2.34. The van der Waals surface area contributed by atoms with Gasteiger partial charge in [-0.1, -0.05) is 0 Å². The Morgan fingerprint density at radius 1 is 1.44 bits per heavy atom. The van der Waals surface area contributed by atoms with Crippen molar-refractivity contribution in [2.75, 3.05) is 23.3 Å². The molecule has 0 bridgehead atoms. The number of piperidine rings is 1. The number of benzene rings is 1. The Balaban J connectivity index is 1.73. The smallest absolute Gasteiger partial charge is 0.319 e. The Bertz CT molecular complexity index is 714. The summed E-state index contributed by atoms with van der Waals surface area (Å²) < 4.78 is 13.8. The molecule has 1 atom stereocenters. The third-order valence-electron chi connectivity index (χ3n) is 4.36. The quantitative estimate of drug-likeness (QED) is 0.683. The zero-order chi connectivity index (χ0) is 17.8. The standard InChI is InChI=1S/C17H22FN5O2/c1-11(21-17(25)22-13-9-19-20-10-13)15-8-12(18)2-3-16(15)23-6-4-14(24)5-7-23/h2-3,8-11,14,24H,4-7H2,1H3,(H,19,20)(H2,21,22,25). The van der Waals surface area contributed by atoms with Crippen molar-refractivity contribution in [3.8, 4) is 0 Å². The van der Waals surface area contributed by atoms with Crippen LogP contribution in [0.1, 0.15) is 31.4 Å². The number of aliphatic hydroxyl groups excluding tert-OH is 1. The first-order chi connectivity index (χ1) is 12.0. The summed E-state index contributed by atoms with van der Waals surface area (Å²) in [6.07, 6.45) is 4.14. The number of carbonyl (C=O) groups excluding carboxylic acids is 1. The number of hydrogen-bond donors (Lipinski definition) is 4. The van der Waals surface area contributed by atoms with Crippen LogP contribution in [0.4, 0.5) is 20.6 Å². The number of aromatic nitrogens is 2. The summed E-state index contributed by atoms with van der Waals surface area (Å²) in [5.41, 5.74) is 2.14. The van der Waals surface area contributed by atoms with Gasteiger partial charge >= 0.3 is 6.03 Å². The number of nitrogens with one attached hydrogen (secondary N) is 3. The molecule has 1 aromatic heterocycles. The number of aliphatic hydroxyl groups is 1. The Kier molecular flexibility index (Phi) is 5.18. The normalized spacial score (nSPS) is 16.5. The van der Waals surface area contributed by atoms with Crippen molar-refractivity contribution < 1.29 is 14.3 Å². The molecule has 8 heteroatoms. The molecule has 2 heterocycles. The van der Waals surface area contributed by atoms with Crippen LogP contribution in [0.2, 0.25) is 0 Å². The van der Waals surface area contributed by atoms with E-state index in [0.29, 0.717) is 37.2 Å². The molecule has 0 saturated carbocycles. The monoisotopic (exact) mass is 347 g/mol. The van der Waals surface area contributed by atoms with Crippen molar-refractivity contribution in [3.05, 3.63) is 42.0 Å². The van der Waals surface area contributed by atoms with Crippen LogP contribution in [-0.4, -0.2) is 40.5 Å². The molecule has 4 N–H and O–H groups in total. The van der Waals surface area contributed by atoms with Crippen molar-refractivity contribution in [1.82, 2.24) is 15.5 Å². The zero-order valence-electron chi connectivity index (χ0n) is 14.0. The molecule has 3 rings (SSSR count). The molecule has 25 heavy (non-hydrogen) atoms. The summed E-state index contributed by atoms with van der Waals surface area (Å²) in [6.45, 7) is 3.22. The lowest BCUT2D eigenvalue weighted by Crippen LogP contribution is -2.37. The Labute approximate surface area is 145 Å². The van der Waals surface area contributed by atoms with E-state index in [1.807, 2.05) is 6.92 Å². The van der Waals surface area contributed by atoms with Crippen LogP contribution in [0, 0.1) is 5.82 Å². The van der Waals surface area contributed by atoms with Gasteiger partial charge in [-0.3, -0.25) is 5.10 Å². The Hall–Kier alpha value is -2.61. The summed E-state index contributed by atoms with van der Waals surface area (Å²) in [5, 5.41) is 21.5. The van der Waals surface area contributed by atoms with Gasteiger partial charge < -0.3 is 20.6 Å². The Morgan fingerprint density at radius 3 is 2.88 bits per heavy atom. The topological polar surface area (TPSA) is 93.3 Å². The van der Waals surface area contributed by atoms with E-state index < -0.39 is 6.03 Å². The molecule has 1 aliphatic heterocycles. The molecule has 2 amide bonds. The van der Waals surface area contributed by atoms with Crippen LogP contribution >= 0.6 is 0 Å². The van der Waals surface area contributed by atoms with Crippen molar-refractivity contribution in [3.63, 3.8) is 0 Å². The van der Waals surface area contributed by atoms with Crippen LogP contribution in [0.3, 0.4) is 0 Å². The van der Waals surface area contributed by atoms with E-state index in [2.05, 4.69) is 25.7 Å². The number of H-pyrrole nitrogens is 1. The predicted molar refractivity (Wildman–Crippen MR) is 93.0 cm³/mol. The van der Waals surface area contributed by atoms with Gasteiger partial charge in [-0.15, -0.1) is 0 Å². The van der Waals surface area contributed by atoms with E-state index in [4.69, 9.17) is 0 Å². The summed E-state index contributed by atoms with van der Waals surface area (Å²) >= 11 is 0. The van der Waals surface area contributed by atoms with Gasteiger partial charge in [-0.2, -0.15) is 5.10 Å². The molecular formula is C17H22FN5O2. The first-order valence-corrected chi connectivity index (χ1v) is 8.31. The second kappa shape index (κ2) is 7.52. The molecule has 1 aliphatic rings. The second-order valence-corrected chi connectivity index (χ2v) is 6.23. The van der Waals surface area contributed by atoms with Crippen molar-refractivity contribution >= 4 is 17.4 Å². The van der Waals surface area contributed by atoms with Gasteiger partial charge in [0.15, 0.2) is 0 Å². The van der Waals surface area contributed by atoms with Crippen LogP contribution in [0.25, 0.3) is 0 Å².